The first-order valence-corrected chi connectivity index (χ1v) is 5.18. The fourth-order valence-corrected chi connectivity index (χ4v) is 2.32. The van der Waals surface area contributed by atoms with Crippen LogP contribution in [0.3, 0.4) is 0 Å². The highest BCUT2D eigenvalue weighted by molar-refractivity contribution is 6.11. The van der Waals surface area contributed by atoms with Gasteiger partial charge in [0.25, 0.3) is 0 Å². The Hall–Kier alpha value is -1.12. The Morgan fingerprint density at radius 2 is 1.71 bits per heavy atom. The zero-order chi connectivity index (χ0) is 10.1. The minimum absolute atomic E-state index is 0.0156. The molecule has 3 nitrogen and oxygen atoms in total. The fraction of sp³-hybridized carbons (Fsp3) is 0.636. The van der Waals surface area contributed by atoms with E-state index in [0.29, 0.717) is 12.8 Å². The Kier molecular flexibility index (Phi) is 2.40. The first kappa shape index (κ1) is 9.44. The number of Topliss-reactive ketones (excluding diaryl/α,β-unsaturated/α-hetero) is 1. The average Bonchev–Trinajstić information content (AvgIpc) is 2.10. The smallest absolute Gasteiger partial charge is 0.169 e. The second-order valence-corrected chi connectivity index (χ2v) is 4.12. The van der Waals surface area contributed by atoms with Crippen LogP contribution in [0.15, 0.2) is 11.8 Å². The Morgan fingerprint density at radius 3 is 2.43 bits per heavy atom. The van der Waals surface area contributed by atoms with Gasteiger partial charge in [0.05, 0.1) is 11.8 Å². The highest BCUT2D eigenvalue weighted by Crippen LogP contribution is 2.32. The molecule has 1 saturated carbocycles. The molecule has 0 aromatic heterocycles. The molecule has 2 rings (SSSR count). The zero-order valence-electron chi connectivity index (χ0n) is 8.03. The van der Waals surface area contributed by atoms with Gasteiger partial charge >= 0.3 is 0 Å². The van der Waals surface area contributed by atoms with Crippen LogP contribution in [0, 0.1) is 11.8 Å². The van der Waals surface area contributed by atoms with Gasteiger partial charge in [0.2, 0.25) is 0 Å². The molecule has 2 unspecified atom stereocenters. The van der Waals surface area contributed by atoms with Crippen LogP contribution >= 0.6 is 0 Å². The number of rotatable bonds is 0. The Balaban J connectivity index is 2.32. The standard InChI is InChI=1S/C11H14O3/c12-9-6-10(13)8-5-3-1-2-4-7(9)11(8)14/h6-8,12H,1-5H2. The van der Waals surface area contributed by atoms with Gasteiger partial charge in [-0.25, -0.2) is 0 Å². The van der Waals surface area contributed by atoms with Gasteiger partial charge in [-0.05, 0) is 12.8 Å². The Morgan fingerprint density at radius 1 is 1.07 bits per heavy atom. The molecule has 2 bridgehead atoms. The van der Waals surface area contributed by atoms with E-state index in [9.17, 15) is 14.7 Å². The number of allylic oxidation sites excluding steroid dienone is 2. The van der Waals surface area contributed by atoms with Crippen LogP contribution in [0.5, 0.6) is 0 Å². The van der Waals surface area contributed by atoms with Crippen LogP contribution in [-0.2, 0) is 9.59 Å². The van der Waals surface area contributed by atoms with Crippen LogP contribution in [0.1, 0.15) is 32.1 Å². The van der Waals surface area contributed by atoms with E-state index in [-0.39, 0.29) is 17.3 Å². The van der Waals surface area contributed by atoms with E-state index in [0.717, 1.165) is 19.3 Å². The molecule has 0 amide bonds. The highest BCUT2D eigenvalue weighted by atomic mass is 16.3. The molecule has 2 atom stereocenters. The van der Waals surface area contributed by atoms with Crippen LogP contribution in [0.2, 0.25) is 0 Å². The van der Waals surface area contributed by atoms with Gasteiger partial charge in [0, 0.05) is 6.08 Å². The van der Waals surface area contributed by atoms with Gasteiger partial charge in [-0.1, -0.05) is 19.3 Å². The fourth-order valence-electron chi connectivity index (χ4n) is 2.32. The maximum absolute atomic E-state index is 11.8. The zero-order valence-corrected chi connectivity index (χ0v) is 8.03. The topological polar surface area (TPSA) is 54.4 Å². The number of aliphatic hydroxyl groups excluding tert-OH is 1. The SMILES string of the molecule is O=C1C=C(O)C2CCCCCC1C2=O. The van der Waals surface area contributed by atoms with E-state index in [4.69, 9.17) is 0 Å². The maximum Gasteiger partial charge on any atom is 0.169 e. The number of hydrogen-bond acceptors (Lipinski definition) is 3. The summed E-state index contributed by atoms with van der Waals surface area (Å²) in [6, 6.07) is 0. The first-order valence-electron chi connectivity index (χ1n) is 5.18. The summed E-state index contributed by atoms with van der Waals surface area (Å²) in [6.07, 6.45) is 5.59. The van der Waals surface area contributed by atoms with E-state index in [2.05, 4.69) is 0 Å². The van der Waals surface area contributed by atoms with Crippen molar-refractivity contribution in [2.45, 2.75) is 32.1 Å². The molecule has 3 heteroatoms. The first-order chi connectivity index (χ1) is 6.70. The van der Waals surface area contributed by atoms with Crippen molar-refractivity contribution in [3.05, 3.63) is 11.8 Å². The summed E-state index contributed by atoms with van der Waals surface area (Å²) in [5, 5.41) is 9.50. The second-order valence-electron chi connectivity index (χ2n) is 4.12. The summed E-state index contributed by atoms with van der Waals surface area (Å²) in [5.41, 5.74) is 0. The molecule has 14 heavy (non-hydrogen) atoms. The Bertz CT molecular complexity index is 304. The summed E-state index contributed by atoms with van der Waals surface area (Å²) >= 11 is 0. The molecule has 1 fully saturated rings. The summed E-state index contributed by atoms with van der Waals surface area (Å²) in [5.74, 6) is -1.13. The second kappa shape index (κ2) is 3.56. The van der Waals surface area contributed by atoms with Crippen molar-refractivity contribution in [3.63, 3.8) is 0 Å². The number of carbonyl (C=O) groups excluding carboxylic acids is 2. The molecule has 0 aliphatic heterocycles. The predicted octanol–water partition coefficient (Wildman–Crippen LogP) is 1.78. The molecule has 76 valence electrons. The van der Waals surface area contributed by atoms with Crippen LogP contribution in [0.25, 0.3) is 0 Å². The number of ketones is 2. The third-order valence-electron chi connectivity index (χ3n) is 3.16. The van der Waals surface area contributed by atoms with Gasteiger partial charge in [0.15, 0.2) is 11.6 Å². The van der Waals surface area contributed by atoms with Gasteiger partial charge < -0.3 is 5.11 Å². The number of aliphatic hydroxyl groups is 1. The van der Waals surface area contributed by atoms with Crippen molar-refractivity contribution in [1.29, 1.82) is 0 Å². The van der Waals surface area contributed by atoms with E-state index >= 15 is 0 Å². The predicted molar refractivity (Wildman–Crippen MR) is 50.8 cm³/mol. The third-order valence-corrected chi connectivity index (χ3v) is 3.16. The van der Waals surface area contributed by atoms with Crippen molar-refractivity contribution >= 4 is 11.6 Å². The normalized spacial score (nSPS) is 33.3. The molecule has 0 aromatic rings. The molecule has 1 N–H and O–H groups in total. The van der Waals surface area contributed by atoms with E-state index in [1.165, 1.54) is 6.08 Å². The van der Waals surface area contributed by atoms with E-state index in [1.54, 1.807) is 0 Å². The molecule has 0 spiro atoms. The van der Waals surface area contributed by atoms with Crippen molar-refractivity contribution in [3.8, 4) is 0 Å². The summed E-state index contributed by atoms with van der Waals surface area (Å²) in [6.45, 7) is 0. The lowest BCUT2D eigenvalue weighted by atomic mass is 9.76. The van der Waals surface area contributed by atoms with Gasteiger partial charge in [-0.15, -0.1) is 0 Å². The van der Waals surface area contributed by atoms with Crippen LogP contribution < -0.4 is 0 Å². The largest absolute Gasteiger partial charge is 0.511 e. The number of fused-ring (bicyclic) bond motifs is 2. The quantitative estimate of drug-likeness (QED) is 0.598. The molecule has 0 heterocycles. The lowest BCUT2D eigenvalue weighted by molar-refractivity contribution is -0.135. The molecular formula is C11H14O3. The molecular weight excluding hydrogens is 180 g/mol. The maximum atomic E-state index is 11.8. The van der Waals surface area contributed by atoms with Gasteiger partial charge in [0.1, 0.15) is 5.76 Å². The summed E-state index contributed by atoms with van der Waals surface area (Å²) < 4.78 is 0. The minimum atomic E-state index is -0.462. The van der Waals surface area contributed by atoms with Crippen LogP contribution in [0.4, 0.5) is 0 Å². The van der Waals surface area contributed by atoms with E-state index in [1.807, 2.05) is 0 Å². The highest BCUT2D eigenvalue weighted by Gasteiger charge is 2.38. The van der Waals surface area contributed by atoms with Crippen molar-refractivity contribution in [2.24, 2.45) is 11.8 Å². The summed E-state index contributed by atoms with van der Waals surface area (Å²) in [7, 11) is 0. The molecule has 0 radical (unpaired) electrons. The van der Waals surface area contributed by atoms with Crippen molar-refractivity contribution in [1.82, 2.24) is 0 Å². The van der Waals surface area contributed by atoms with Crippen molar-refractivity contribution < 1.29 is 14.7 Å². The Labute approximate surface area is 82.8 Å². The van der Waals surface area contributed by atoms with Gasteiger partial charge in [-0.2, -0.15) is 0 Å². The monoisotopic (exact) mass is 194 g/mol. The molecule has 2 aliphatic rings. The average molecular weight is 194 g/mol. The van der Waals surface area contributed by atoms with E-state index < -0.39 is 11.8 Å². The number of carbonyl (C=O) groups is 2. The van der Waals surface area contributed by atoms with Crippen LogP contribution in [-0.4, -0.2) is 16.7 Å². The molecule has 2 aliphatic carbocycles. The summed E-state index contributed by atoms with van der Waals surface area (Å²) in [4.78, 5) is 23.2. The lowest BCUT2D eigenvalue weighted by Crippen LogP contribution is -2.35. The number of hydrogen-bond donors (Lipinski definition) is 1. The molecule has 0 aromatic carbocycles. The lowest BCUT2D eigenvalue weighted by Gasteiger charge is -2.27. The molecule has 0 saturated heterocycles. The van der Waals surface area contributed by atoms with Crippen molar-refractivity contribution in [2.75, 3.05) is 0 Å². The minimum Gasteiger partial charge on any atom is -0.511 e. The van der Waals surface area contributed by atoms with Gasteiger partial charge in [-0.3, -0.25) is 9.59 Å². The third kappa shape index (κ3) is 1.47.